The molecule has 0 atom stereocenters. The Morgan fingerprint density at radius 1 is 0.700 bits per heavy atom. The summed E-state index contributed by atoms with van der Waals surface area (Å²) in [4.78, 5) is 24.0. The first-order chi connectivity index (χ1) is 14.3. The van der Waals surface area contributed by atoms with Crippen LogP contribution in [-0.2, 0) is 4.74 Å². The van der Waals surface area contributed by atoms with Crippen LogP contribution in [0.4, 0.5) is 21.0 Å². The maximum Gasteiger partial charge on any atom is 0.417 e. The third-order valence-corrected chi connectivity index (χ3v) is 3.93. The Kier molecular flexibility index (Phi) is 6.37. The van der Waals surface area contributed by atoms with Gasteiger partial charge in [0.2, 0.25) is 0 Å². The minimum atomic E-state index is -0.563. The molecule has 0 aliphatic carbocycles. The summed E-state index contributed by atoms with van der Waals surface area (Å²) >= 11 is 0. The summed E-state index contributed by atoms with van der Waals surface area (Å²) in [6.45, 7) is 5.44. The monoisotopic (exact) mass is 404 g/mol. The summed E-state index contributed by atoms with van der Waals surface area (Å²) in [7, 11) is 0. The molecule has 2 amide bonds. The maximum atomic E-state index is 12.0. The van der Waals surface area contributed by atoms with E-state index in [9.17, 15) is 9.59 Å². The van der Waals surface area contributed by atoms with E-state index in [1.54, 1.807) is 42.5 Å². The SMILES string of the molecule is CC(C)(C)OC(=O)Nc1cccc(-c2ccc(NC(=O)Oc3ccccc3)cc2)c1. The average molecular weight is 404 g/mol. The van der Waals surface area contributed by atoms with E-state index in [2.05, 4.69) is 10.6 Å². The number of anilines is 2. The highest BCUT2D eigenvalue weighted by Gasteiger charge is 2.16. The molecule has 0 aliphatic rings. The highest BCUT2D eigenvalue weighted by Crippen LogP contribution is 2.25. The summed E-state index contributed by atoms with van der Waals surface area (Å²) in [5, 5.41) is 5.43. The first-order valence-electron chi connectivity index (χ1n) is 9.53. The van der Waals surface area contributed by atoms with E-state index in [1.807, 2.05) is 57.2 Å². The number of para-hydroxylation sites is 1. The minimum Gasteiger partial charge on any atom is -0.444 e. The molecule has 0 aromatic heterocycles. The van der Waals surface area contributed by atoms with Gasteiger partial charge >= 0.3 is 12.2 Å². The van der Waals surface area contributed by atoms with Crippen LogP contribution in [0.15, 0.2) is 78.9 Å². The van der Waals surface area contributed by atoms with Crippen molar-refractivity contribution in [3.05, 3.63) is 78.9 Å². The van der Waals surface area contributed by atoms with Gasteiger partial charge in [-0.15, -0.1) is 0 Å². The highest BCUT2D eigenvalue weighted by molar-refractivity contribution is 5.88. The number of hydrogen-bond donors (Lipinski definition) is 2. The number of amides is 2. The Morgan fingerprint density at radius 3 is 2.03 bits per heavy atom. The molecular formula is C24H24N2O4. The van der Waals surface area contributed by atoms with E-state index in [0.29, 0.717) is 17.1 Å². The second-order valence-electron chi connectivity index (χ2n) is 7.61. The van der Waals surface area contributed by atoms with Crippen molar-refractivity contribution in [2.75, 3.05) is 10.6 Å². The van der Waals surface area contributed by atoms with Crippen molar-refractivity contribution >= 4 is 23.6 Å². The predicted molar refractivity (Wildman–Crippen MR) is 118 cm³/mol. The molecule has 0 aliphatic heterocycles. The van der Waals surface area contributed by atoms with Crippen LogP contribution in [0.2, 0.25) is 0 Å². The molecule has 3 rings (SSSR count). The van der Waals surface area contributed by atoms with Crippen molar-refractivity contribution in [3.63, 3.8) is 0 Å². The Labute approximate surface area is 175 Å². The zero-order chi connectivity index (χ0) is 21.6. The molecule has 3 aromatic carbocycles. The molecule has 0 radical (unpaired) electrons. The van der Waals surface area contributed by atoms with Crippen molar-refractivity contribution in [2.24, 2.45) is 0 Å². The molecule has 6 nitrogen and oxygen atoms in total. The average Bonchev–Trinajstić information content (AvgIpc) is 2.68. The van der Waals surface area contributed by atoms with Gasteiger partial charge in [0.15, 0.2) is 0 Å². The Morgan fingerprint density at radius 2 is 1.37 bits per heavy atom. The molecule has 3 aromatic rings. The number of carbonyl (C=O) groups is 2. The van der Waals surface area contributed by atoms with Gasteiger partial charge in [-0.05, 0) is 68.3 Å². The minimum absolute atomic E-state index is 0.473. The second-order valence-corrected chi connectivity index (χ2v) is 7.61. The van der Waals surface area contributed by atoms with E-state index < -0.39 is 17.8 Å². The summed E-state index contributed by atoms with van der Waals surface area (Å²) in [6, 6.07) is 23.6. The molecule has 154 valence electrons. The summed E-state index contributed by atoms with van der Waals surface area (Å²) in [5.41, 5.74) is 2.54. The van der Waals surface area contributed by atoms with Gasteiger partial charge in [-0.25, -0.2) is 9.59 Å². The lowest BCUT2D eigenvalue weighted by Gasteiger charge is -2.19. The molecule has 2 N–H and O–H groups in total. The van der Waals surface area contributed by atoms with Crippen LogP contribution < -0.4 is 15.4 Å². The Balaban J connectivity index is 1.63. The number of hydrogen-bond acceptors (Lipinski definition) is 4. The molecule has 0 saturated heterocycles. The lowest BCUT2D eigenvalue weighted by Crippen LogP contribution is -2.27. The van der Waals surface area contributed by atoms with Crippen LogP contribution in [0, 0.1) is 0 Å². The zero-order valence-corrected chi connectivity index (χ0v) is 17.1. The Hall–Kier alpha value is -3.80. The van der Waals surface area contributed by atoms with Crippen LogP contribution in [0.5, 0.6) is 5.75 Å². The van der Waals surface area contributed by atoms with Crippen molar-refractivity contribution in [1.82, 2.24) is 0 Å². The van der Waals surface area contributed by atoms with Gasteiger partial charge in [-0.2, -0.15) is 0 Å². The van der Waals surface area contributed by atoms with Gasteiger partial charge in [0.05, 0.1) is 0 Å². The molecule has 0 fully saturated rings. The molecule has 6 heteroatoms. The van der Waals surface area contributed by atoms with Gasteiger partial charge < -0.3 is 9.47 Å². The number of ether oxygens (including phenoxy) is 2. The lowest BCUT2D eigenvalue weighted by atomic mass is 10.0. The predicted octanol–water partition coefficient (Wildman–Crippen LogP) is 6.31. The standard InChI is InChI=1S/C24H24N2O4/c1-24(2,3)30-23(28)26-20-9-7-8-18(16-20)17-12-14-19(15-13-17)25-22(27)29-21-10-5-4-6-11-21/h4-16H,1-3H3,(H,25,27)(H,26,28). The van der Waals surface area contributed by atoms with Gasteiger partial charge in [-0.1, -0.05) is 42.5 Å². The quantitative estimate of drug-likeness (QED) is 0.534. The molecule has 0 bridgehead atoms. The van der Waals surface area contributed by atoms with Crippen LogP contribution >= 0.6 is 0 Å². The maximum absolute atomic E-state index is 12.0. The van der Waals surface area contributed by atoms with Gasteiger partial charge in [0, 0.05) is 11.4 Å². The van der Waals surface area contributed by atoms with E-state index >= 15 is 0 Å². The summed E-state index contributed by atoms with van der Waals surface area (Å²) < 4.78 is 10.5. The molecule has 30 heavy (non-hydrogen) atoms. The van der Waals surface area contributed by atoms with E-state index in [4.69, 9.17) is 9.47 Å². The van der Waals surface area contributed by atoms with E-state index in [1.165, 1.54) is 0 Å². The van der Waals surface area contributed by atoms with Crippen molar-refractivity contribution < 1.29 is 19.1 Å². The van der Waals surface area contributed by atoms with Gasteiger partial charge in [0.1, 0.15) is 11.4 Å². The first kappa shape index (κ1) is 20.9. The summed E-state index contributed by atoms with van der Waals surface area (Å²) in [6.07, 6.45) is -1.06. The zero-order valence-electron chi connectivity index (χ0n) is 17.1. The smallest absolute Gasteiger partial charge is 0.417 e. The summed E-state index contributed by atoms with van der Waals surface area (Å²) in [5.74, 6) is 0.473. The van der Waals surface area contributed by atoms with Gasteiger partial charge in [-0.3, -0.25) is 10.6 Å². The van der Waals surface area contributed by atoms with E-state index in [0.717, 1.165) is 11.1 Å². The fraction of sp³-hybridized carbons (Fsp3) is 0.167. The topological polar surface area (TPSA) is 76.7 Å². The second kappa shape index (κ2) is 9.13. The third kappa shape index (κ3) is 6.38. The first-order valence-corrected chi connectivity index (χ1v) is 9.53. The Bertz CT molecular complexity index is 1010. The number of carbonyl (C=O) groups excluding carboxylic acids is 2. The molecule has 0 heterocycles. The van der Waals surface area contributed by atoms with Crippen LogP contribution in [-0.4, -0.2) is 17.8 Å². The number of rotatable bonds is 4. The third-order valence-electron chi connectivity index (χ3n) is 3.93. The molecule has 0 spiro atoms. The highest BCUT2D eigenvalue weighted by atomic mass is 16.6. The number of nitrogens with one attached hydrogen (secondary N) is 2. The van der Waals surface area contributed by atoms with E-state index in [-0.39, 0.29) is 0 Å². The van der Waals surface area contributed by atoms with Crippen molar-refractivity contribution in [3.8, 4) is 16.9 Å². The molecular weight excluding hydrogens is 380 g/mol. The lowest BCUT2D eigenvalue weighted by molar-refractivity contribution is 0.0636. The van der Waals surface area contributed by atoms with Crippen LogP contribution in [0.25, 0.3) is 11.1 Å². The largest absolute Gasteiger partial charge is 0.444 e. The van der Waals surface area contributed by atoms with Gasteiger partial charge in [0.25, 0.3) is 0 Å². The fourth-order valence-electron chi connectivity index (χ4n) is 2.68. The van der Waals surface area contributed by atoms with Crippen molar-refractivity contribution in [1.29, 1.82) is 0 Å². The molecule has 0 saturated carbocycles. The van der Waals surface area contributed by atoms with Crippen LogP contribution in [0.1, 0.15) is 20.8 Å². The fourth-order valence-corrected chi connectivity index (χ4v) is 2.68. The number of benzene rings is 3. The van der Waals surface area contributed by atoms with Crippen LogP contribution in [0.3, 0.4) is 0 Å². The normalized spacial score (nSPS) is 10.8. The van der Waals surface area contributed by atoms with Crippen molar-refractivity contribution in [2.45, 2.75) is 26.4 Å². The molecule has 0 unspecified atom stereocenters.